The second kappa shape index (κ2) is 6.46. The summed E-state index contributed by atoms with van der Waals surface area (Å²) in [6, 6.07) is 9.14. The number of hydrogen-bond donors (Lipinski definition) is 0. The molecule has 128 valence electrons. The monoisotopic (exact) mass is 336 g/mol. The van der Waals surface area contributed by atoms with Gasteiger partial charge in [0.05, 0.1) is 12.0 Å². The van der Waals surface area contributed by atoms with E-state index in [1.54, 1.807) is 12.1 Å². The van der Waals surface area contributed by atoms with Gasteiger partial charge in [0.25, 0.3) is 0 Å². The van der Waals surface area contributed by atoms with Crippen molar-refractivity contribution in [1.29, 1.82) is 0 Å². The van der Waals surface area contributed by atoms with E-state index in [0.717, 1.165) is 22.6 Å². The van der Waals surface area contributed by atoms with Gasteiger partial charge in [-0.05, 0) is 61.1 Å². The van der Waals surface area contributed by atoms with Gasteiger partial charge in [-0.2, -0.15) is 13.2 Å². The Labute approximate surface area is 138 Å². The molecule has 0 aromatic heterocycles. The molecule has 0 spiro atoms. The summed E-state index contributed by atoms with van der Waals surface area (Å²) in [6.45, 7) is 1.91. The summed E-state index contributed by atoms with van der Waals surface area (Å²) in [5.74, 6) is -0.522. The highest BCUT2D eigenvalue weighted by molar-refractivity contribution is 6.00. The maximum atomic E-state index is 12.7. The van der Waals surface area contributed by atoms with E-state index in [0.29, 0.717) is 24.2 Å². The number of carbonyl (C=O) groups is 1. The summed E-state index contributed by atoms with van der Waals surface area (Å²) in [5, 5.41) is 1.79. The van der Waals surface area contributed by atoms with E-state index in [2.05, 4.69) is 0 Å². The number of benzene rings is 2. The van der Waals surface area contributed by atoms with E-state index in [4.69, 9.17) is 4.74 Å². The summed E-state index contributed by atoms with van der Waals surface area (Å²) in [5.41, 5.74) is 1.53. The summed E-state index contributed by atoms with van der Waals surface area (Å²) >= 11 is 0. The van der Waals surface area contributed by atoms with Gasteiger partial charge in [0, 0.05) is 5.56 Å². The molecule has 0 N–H and O–H groups in total. The SMILES string of the molecule is Cc1c(OC2CCC(C(F)(F)F)CC2)ccc2c(C=O)cccc12. The van der Waals surface area contributed by atoms with Gasteiger partial charge in [-0.1, -0.05) is 18.2 Å². The molecule has 0 unspecified atom stereocenters. The van der Waals surface area contributed by atoms with Gasteiger partial charge < -0.3 is 4.74 Å². The smallest absolute Gasteiger partial charge is 0.391 e. The van der Waals surface area contributed by atoms with Crippen molar-refractivity contribution in [3.63, 3.8) is 0 Å². The number of aldehydes is 1. The molecule has 0 atom stereocenters. The Morgan fingerprint density at radius 3 is 2.38 bits per heavy atom. The fourth-order valence-corrected chi connectivity index (χ4v) is 3.43. The molecule has 3 rings (SSSR count). The van der Waals surface area contributed by atoms with Gasteiger partial charge in [-0.3, -0.25) is 4.79 Å². The van der Waals surface area contributed by atoms with Crippen molar-refractivity contribution in [2.24, 2.45) is 5.92 Å². The number of carbonyl (C=O) groups excluding carboxylic acids is 1. The standard InChI is InChI=1S/C19H19F3O2/c1-12-16-4-2-3-13(11-23)17(16)9-10-18(12)24-15-7-5-14(6-8-15)19(20,21)22/h2-4,9-11,14-15H,5-8H2,1H3. The van der Waals surface area contributed by atoms with Crippen molar-refractivity contribution < 1.29 is 22.7 Å². The first-order valence-corrected chi connectivity index (χ1v) is 8.11. The molecule has 1 aliphatic carbocycles. The number of hydrogen-bond acceptors (Lipinski definition) is 2. The highest BCUT2D eigenvalue weighted by atomic mass is 19.4. The van der Waals surface area contributed by atoms with Crippen LogP contribution in [0.1, 0.15) is 41.6 Å². The molecule has 2 aromatic carbocycles. The van der Waals surface area contributed by atoms with Crippen LogP contribution in [-0.4, -0.2) is 18.6 Å². The topological polar surface area (TPSA) is 26.3 Å². The molecule has 0 bridgehead atoms. The zero-order valence-electron chi connectivity index (χ0n) is 13.4. The summed E-state index contributed by atoms with van der Waals surface area (Å²) in [4.78, 5) is 11.1. The number of halogens is 3. The van der Waals surface area contributed by atoms with E-state index in [-0.39, 0.29) is 18.9 Å². The Kier molecular flexibility index (Phi) is 4.52. The number of fused-ring (bicyclic) bond motifs is 1. The maximum absolute atomic E-state index is 12.7. The van der Waals surface area contributed by atoms with Crippen LogP contribution in [0, 0.1) is 12.8 Å². The van der Waals surface area contributed by atoms with Crippen molar-refractivity contribution >= 4 is 17.1 Å². The fraction of sp³-hybridized carbons (Fsp3) is 0.421. The number of rotatable bonds is 3. The molecule has 1 fully saturated rings. The largest absolute Gasteiger partial charge is 0.490 e. The molecule has 2 aromatic rings. The Balaban J connectivity index is 1.77. The van der Waals surface area contributed by atoms with Crippen molar-refractivity contribution in [2.45, 2.75) is 44.9 Å². The lowest BCUT2D eigenvalue weighted by Gasteiger charge is -2.30. The third-order valence-corrected chi connectivity index (χ3v) is 4.87. The Morgan fingerprint density at radius 1 is 1.04 bits per heavy atom. The molecule has 0 radical (unpaired) electrons. The van der Waals surface area contributed by atoms with Crippen LogP contribution in [-0.2, 0) is 0 Å². The minimum Gasteiger partial charge on any atom is -0.490 e. The first kappa shape index (κ1) is 16.8. The molecular formula is C19H19F3O2. The van der Waals surface area contributed by atoms with Crippen LogP contribution in [0.15, 0.2) is 30.3 Å². The third-order valence-electron chi connectivity index (χ3n) is 4.87. The molecule has 0 amide bonds. The van der Waals surface area contributed by atoms with Crippen LogP contribution in [0.5, 0.6) is 5.75 Å². The van der Waals surface area contributed by atoms with Crippen molar-refractivity contribution in [3.05, 3.63) is 41.5 Å². The van der Waals surface area contributed by atoms with E-state index in [1.807, 2.05) is 25.1 Å². The molecule has 0 saturated heterocycles. The highest BCUT2D eigenvalue weighted by Gasteiger charge is 2.41. The predicted octanol–water partition coefficient (Wildman–Crippen LogP) is 5.46. The molecule has 0 heterocycles. The lowest BCUT2D eigenvalue weighted by molar-refractivity contribution is -0.185. The summed E-state index contributed by atoms with van der Waals surface area (Å²) in [7, 11) is 0. The average molecular weight is 336 g/mol. The van der Waals surface area contributed by atoms with Crippen molar-refractivity contribution in [3.8, 4) is 5.75 Å². The maximum Gasteiger partial charge on any atom is 0.391 e. The minimum atomic E-state index is -4.10. The lowest BCUT2D eigenvalue weighted by atomic mass is 9.87. The number of alkyl halides is 3. The molecular weight excluding hydrogens is 317 g/mol. The van der Waals surface area contributed by atoms with Gasteiger partial charge in [0.2, 0.25) is 0 Å². The Bertz CT molecular complexity index is 744. The van der Waals surface area contributed by atoms with Gasteiger partial charge in [-0.15, -0.1) is 0 Å². The van der Waals surface area contributed by atoms with E-state index < -0.39 is 12.1 Å². The van der Waals surface area contributed by atoms with Crippen molar-refractivity contribution in [2.75, 3.05) is 0 Å². The Hall–Kier alpha value is -2.04. The normalized spacial score (nSPS) is 21.7. The molecule has 5 heteroatoms. The first-order chi connectivity index (χ1) is 11.4. The second-order valence-corrected chi connectivity index (χ2v) is 6.38. The third kappa shape index (κ3) is 3.25. The van der Waals surface area contributed by atoms with Gasteiger partial charge in [-0.25, -0.2) is 0 Å². The van der Waals surface area contributed by atoms with Crippen LogP contribution in [0.4, 0.5) is 13.2 Å². The highest BCUT2D eigenvalue weighted by Crippen LogP contribution is 2.39. The zero-order valence-corrected chi connectivity index (χ0v) is 13.4. The van der Waals surface area contributed by atoms with E-state index >= 15 is 0 Å². The van der Waals surface area contributed by atoms with Crippen LogP contribution in [0.25, 0.3) is 10.8 Å². The van der Waals surface area contributed by atoms with Crippen molar-refractivity contribution in [1.82, 2.24) is 0 Å². The molecule has 1 aliphatic rings. The van der Waals surface area contributed by atoms with Gasteiger partial charge >= 0.3 is 6.18 Å². The second-order valence-electron chi connectivity index (χ2n) is 6.38. The fourth-order valence-electron chi connectivity index (χ4n) is 3.43. The number of ether oxygens (including phenoxy) is 1. The Morgan fingerprint density at radius 2 is 1.75 bits per heavy atom. The summed E-state index contributed by atoms with van der Waals surface area (Å²) in [6.07, 6.45) is -2.40. The first-order valence-electron chi connectivity index (χ1n) is 8.11. The lowest BCUT2D eigenvalue weighted by Crippen LogP contribution is -2.32. The number of aryl methyl sites for hydroxylation is 1. The quantitative estimate of drug-likeness (QED) is 0.696. The zero-order chi connectivity index (χ0) is 17.3. The molecule has 2 nitrogen and oxygen atoms in total. The van der Waals surface area contributed by atoms with Crippen LogP contribution >= 0.6 is 0 Å². The van der Waals surface area contributed by atoms with Crippen LogP contribution in [0.3, 0.4) is 0 Å². The molecule has 0 aliphatic heterocycles. The van der Waals surface area contributed by atoms with Gasteiger partial charge in [0.1, 0.15) is 5.75 Å². The predicted molar refractivity (Wildman–Crippen MR) is 86.5 cm³/mol. The van der Waals surface area contributed by atoms with E-state index in [1.165, 1.54) is 0 Å². The van der Waals surface area contributed by atoms with Crippen LogP contribution < -0.4 is 4.74 Å². The minimum absolute atomic E-state index is 0.121. The molecule has 24 heavy (non-hydrogen) atoms. The van der Waals surface area contributed by atoms with Gasteiger partial charge in [0.15, 0.2) is 6.29 Å². The molecule has 1 saturated carbocycles. The van der Waals surface area contributed by atoms with E-state index in [9.17, 15) is 18.0 Å². The van der Waals surface area contributed by atoms with Crippen LogP contribution in [0.2, 0.25) is 0 Å². The average Bonchev–Trinajstić information content (AvgIpc) is 2.56. The summed E-state index contributed by atoms with van der Waals surface area (Å²) < 4.78 is 44.2.